The number of carbonyl (C=O) groups excluding carboxylic acids is 1. The molecule has 0 bridgehead atoms. The van der Waals surface area contributed by atoms with Crippen molar-refractivity contribution in [1.29, 1.82) is 0 Å². The summed E-state index contributed by atoms with van der Waals surface area (Å²) in [7, 11) is 3.80. The number of halogens is 1. The molecular weight excluding hydrogens is 507 g/mol. The summed E-state index contributed by atoms with van der Waals surface area (Å²) in [5, 5.41) is 12.0. The highest BCUT2D eigenvalue weighted by Gasteiger charge is 2.14. The lowest BCUT2D eigenvalue weighted by molar-refractivity contribution is -0.132. The van der Waals surface area contributed by atoms with Crippen LogP contribution in [0.4, 0.5) is 5.69 Å². The second-order valence-electron chi connectivity index (χ2n) is 6.86. The summed E-state index contributed by atoms with van der Waals surface area (Å²) in [5.74, 6) is -0.344. The SMILES string of the molecule is CN(C)c1ccc(C(=O)N/C(=C/c2ccc(Oc3ccccc3I)cc2)C(=O)O)cc1. The molecule has 158 valence electrons. The van der Waals surface area contributed by atoms with Gasteiger partial charge in [-0.3, -0.25) is 4.79 Å². The van der Waals surface area contributed by atoms with Crippen molar-refractivity contribution in [3.63, 3.8) is 0 Å². The number of nitrogens with zero attached hydrogens (tertiary/aromatic N) is 1. The lowest BCUT2D eigenvalue weighted by Crippen LogP contribution is -2.27. The topological polar surface area (TPSA) is 78.9 Å². The van der Waals surface area contributed by atoms with E-state index in [0.717, 1.165) is 15.0 Å². The maximum atomic E-state index is 12.5. The molecule has 0 aromatic heterocycles. The number of carbonyl (C=O) groups is 2. The van der Waals surface area contributed by atoms with Crippen molar-refractivity contribution in [2.45, 2.75) is 0 Å². The fourth-order valence-electron chi connectivity index (χ4n) is 2.71. The van der Waals surface area contributed by atoms with Crippen LogP contribution in [-0.4, -0.2) is 31.1 Å². The molecule has 6 nitrogen and oxygen atoms in total. The molecule has 3 rings (SSSR count). The summed E-state index contributed by atoms with van der Waals surface area (Å²) in [6, 6.07) is 21.5. The molecule has 0 radical (unpaired) electrons. The van der Waals surface area contributed by atoms with Gasteiger partial charge in [0.15, 0.2) is 0 Å². The maximum absolute atomic E-state index is 12.5. The maximum Gasteiger partial charge on any atom is 0.352 e. The Labute approximate surface area is 194 Å². The third-order valence-corrected chi connectivity index (χ3v) is 5.27. The molecule has 0 saturated carbocycles. The van der Waals surface area contributed by atoms with Crippen molar-refractivity contribution < 1.29 is 19.4 Å². The normalized spacial score (nSPS) is 11.0. The fraction of sp³-hybridized carbons (Fsp3) is 0.0833. The highest BCUT2D eigenvalue weighted by Crippen LogP contribution is 2.26. The Hall–Kier alpha value is -3.33. The number of benzene rings is 3. The van der Waals surface area contributed by atoms with Crippen LogP contribution in [0.2, 0.25) is 0 Å². The number of aliphatic carboxylic acids is 1. The predicted molar refractivity (Wildman–Crippen MR) is 130 cm³/mol. The molecule has 7 heteroatoms. The molecule has 0 aliphatic heterocycles. The molecule has 3 aromatic rings. The van der Waals surface area contributed by atoms with Crippen molar-refractivity contribution in [2.24, 2.45) is 0 Å². The van der Waals surface area contributed by atoms with Gasteiger partial charge in [-0.25, -0.2) is 4.79 Å². The molecule has 0 aliphatic rings. The smallest absolute Gasteiger partial charge is 0.352 e. The molecule has 0 aliphatic carbocycles. The molecular formula is C24H21IN2O4. The van der Waals surface area contributed by atoms with E-state index < -0.39 is 11.9 Å². The number of ether oxygens (including phenoxy) is 1. The Morgan fingerprint density at radius 1 is 0.968 bits per heavy atom. The van der Waals surface area contributed by atoms with Crippen LogP contribution in [0.25, 0.3) is 6.08 Å². The van der Waals surface area contributed by atoms with Crippen molar-refractivity contribution in [1.82, 2.24) is 5.32 Å². The molecule has 2 N–H and O–H groups in total. The van der Waals surface area contributed by atoms with Crippen LogP contribution in [0.5, 0.6) is 11.5 Å². The van der Waals surface area contributed by atoms with Crippen molar-refractivity contribution in [3.8, 4) is 11.5 Å². The molecule has 0 spiro atoms. The number of carboxylic acid groups (broad SMARTS) is 1. The Balaban J connectivity index is 1.73. The van der Waals surface area contributed by atoms with E-state index in [2.05, 4.69) is 27.9 Å². The molecule has 0 unspecified atom stereocenters. The van der Waals surface area contributed by atoms with Crippen LogP contribution in [0.15, 0.2) is 78.5 Å². The number of hydrogen-bond acceptors (Lipinski definition) is 4. The van der Waals surface area contributed by atoms with Crippen molar-refractivity contribution >= 4 is 46.2 Å². The first-order chi connectivity index (χ1) is 14.8. The third-order valence-electron chi connectivity index (χ3n) is 4.38. The van der Waals surface area contributed by atoms with Gasteiger partial charge in [-0.2, -0.15) is 0 Å². The first-order valence-electron chi connectivity index (χ1n) is 9.39. The number of hydrogen-bond donors (Lipinski definition) is 2. The minimum absolute atomic E-state index is 0.215. The Bertz CT molecular complexity index is 1110. The van der Waals surface area contributed by atoms with Gasteiger partial charge in [0.25, 0.3) is 5.91 Å². The highest BCUT2D eigenvalue weighted by molar-refractivity contribution is 14.1. The number of amides is 1. The molecule has 0 saturated heterocycles. The van der Waals surface area contributed by atoms with Crippen LogP contribution in [0.1, 0.15) is 15.9 Å². The van der Waals surface area contributed by atoms with E-state index >= 15 is 0 Å². The Morgan fingerprint density at radius 2 is 1.61 bits per heavy atom. The monoisotopic (exact) mass is 528 g/mol. The van der Waals surface area contributed by atoms with Gasteiger partial charge < -0.3 is 20.1 Å². The number of rotatable bonds is 7. The van der Waals surface area contributed by atoms with Gasteiger partial charge in [0.05, 0.1) is 3.57 Å². The summed E-state index contributed by atoms with van der Waals surface area (Å²) in [4.78, 5) is 26.0. The summed E-state index contributed by atoms with van der Waals surface area (Å²) < 4.78 is 6.83. The quantitative estimate of drug-likeness (QED) is 0.333. The molecule has 3 aromatic carbocycles. The summed E-state index contributed by atoms with van der Waals surface area (Å²) in [6.45, 7) is 0. The van der Waals surface area contributed by atoms with E-state index in [-0.39, 0.29) is 5.70 Å². The fourth-order valence-corrected chi connectivity index (χ4v) is 3.21. The van der Waals surface area contributed by atoms with E-state index in [1.807, 2.05) is 43.3 Å². The van der Waals surface area contributed by atoms with Crippen LogP contribution < -0.4 is 15.0 Å². The van der Waals surface area contributed by atoms with Gasteiger partial charge in [0, 0.05) is 25.3 Å². The first kappa shape index (κ1) is 22.4. The largest absolute Gasteiger partial charge is 0.477 e. The number of carboxylic acids is 1. The zero-order valence-corrected chi connectivity index (χ0v) is 19.2. The van der Waals surface area contributed by atoms with Crippen LogP contribution >= 0.6 is 22.6 Å². The van der Waals surface area contributed by atoms with Gasteiger partial charge >= 0.3 is 5.97 Å². The first-order valence-corrected chi connectivity index (χ1v) is 10.5. The predicted octanol–water partition coefficient (Wildman–Crippen LogP) is 5.01. The van der Waals surface area contributed by atoms with E-state index in [4.69, 9.17) is 4.74 Å². The van der Waals surface area contributed by atoms with E-state index in [0.29, 0.717) is 16.9 Å². The second-order valence-corrected chi connectivity index (χ2v) is 8.02. The van der Waals surface area contributed by atoms with E-state index in [1.54, 1.807) is 48.5 Å². The molecule has 0 fully saturated rings. The van der Waals surface area contributed by atoms with Crippen molar-refractivity contribution in [2.75, 3.05) is 19.0 Å². The average molecular weight is 528 g/mol. The third kappa shape index (κ3) is 6.08. The molecule has 1 amide bonds. The summed E-state index contributed by atoms with van der Waals surface area (Å²) >= 11 is 2.20. The zero-order valence-electron chi connectivity index (χ0n) is 17.0. The number of nitrogens with one attached hydrogen (secondary N) is 1. The lowest BCUT2D eigenvalue weighted by atomic mass is 10.1. The summed E-state index contributed by atoms with van der Waals surface area (Å²) in [6.07, 6.45) is 1.41. The van der Waals surface area contributed by atoms with Gasteiger partial charge in [-0.15, -0.1) is 0 Å². The highest BCUT2D eigenvalue weighted by atomic mass is 127. The molecule has 31 heavy (non-hydrogen) atoms. The second kappa shape index (κ2) is 10.1. The molecule has 0 atom stereocenters. The van der Waals surface area contributed by atoms with Gasteiger partial charge in [-0.05, 0) is 82.8 Å². The summed E-state index contributed by atoms with van der Waals surface area (Å²) in [5.41, 5.74) is 1.72. The Kier molecular flexibility index (Phi) is 7.30. The molecule has 0 heterocycles. The minimum Gasteiger partial charge on any atom is -0.477 e. The minimum atomic E-state index is -1.22. The zero-order chi connectivity index (χ0) is 22.4. The van der Waals surface area contributed by atoms with E-state index in [1.165, 1.54) is 6.08 Å². The van der Waals surface area contributed by atoms with Crippen molar-refractivity contribution in [3.05, 3.63) is 93.2 Å². The van der Waals surface area contributed by atoms with E-state index in [9.17, 15) is 14.7 Å². The standard InChI is InChI=1S/C24H21IN2O4/c1-27(2)18-11-9-17(10-12-18)23(28)26-21(24(29)30)15-16-7-13-19(14-8-16)31-22-6-4-3-5-20(22)25/h3-15H,1-2H3,(H,26,28)(H,29,30)/b21-15+. The Morgan fingerprint density at radius 3 is 2.19 bits per heavy atom. The van der Waals surface area contributed by atoms with Gasteiger partial charge in [-0.1, -0.05) is 24.3 Å². The van der Waals surface area contributed by atoms with Gasteiger partial charge in [0.1, 0.15) is 17.2 Å². The number of anilines is 1. The average Bonchev–Trinajstić information content (AvgIpc) is 2.76. The van der Waals surface area contributed by atoms with Crippen LogP contribution in [-0.2, 0) is 4.79 Å². The lowest BCUT2D eigenvalue weighted by Gasteiger charge is -2.13. The van der Waals surface area contributed by atoms with Crippen LogP contribution in [0.3, 0.4) is 0 Å². The number of para-hydroxylation sites is 1. The van der Waals surface area contributed by atoms with Gasteiger partial charge in [0.2, 0.25) is 0 Å². The van der Waals surface area contributed by atoms with Crippen LogP contribution in [0, 0.1) is 3.57 Å².